The maximum atomic E-state index is 14.0. The zero-order valence-electron chi connectivity index (χ0n) is 20.0. The third kappa shape index (κ3) is 7.35. The van der Waals surface area contributed by atoms with Crippen molar-refractivity contribution in [2.24, 2.45) is 11.8 Å². The third-order valence-electron chi connectivity index (χ3n) is 6.57. The Labute approximate surface area is 205 Å². The molecule has 0 N–H and O–H groups in total. The van der Waals surface area contributed by atoms with Crippen molar-refractivity contribution < 1.29 is 27.8 Å². The van der Waals surface area contributed by atoms with E-state index in [1.54, 1.807) is 0 Å². The number of esters is 2. The summed E-state index contributed by atoms with van der Waals surface area (Å²) in [4.78, 5) is 24.9. The van der Waals surface area contributed by atoms with Crippen LogP contribution in [0.15, 0.2) is 36.4 Å². The SMILES string of the molecule is CCCCCCC[C@H]1CC[C@H](C(=O)Oc2ccc(C(=O)Oc3ccc(C#N)c(F)c3F)cc2)CC1. The van der Waals surface area contributed by atoms with Crippen LogP contribution in [0.5, 0.6) is 11.5 Å². The molecular formula is C28H31F2NO4. The first-order valence-electron chi connectivity index (χ1n) is 12.3. The van der Waals surface area contributed by atoms with Crippen LogP contribution in [0.25, 0.3) is 0 Å². The fraction of sp³-hybridized carbons (Fsp3) is 0.464. The first-order chi connectivity index (χ1) is 16.9. The quantitative estimate of drug-likeness (QED) is 0.204. The van der Waals surface area contributed by atoms with Gasteiger partial charge in [-0.3, -0.25) is 4.79 Å². The Morgan fingerprint density at radius 2 is 1.60 bits per heavy atom. The van der Waals surface area contributed by atoms with Crippen LogP contribution in [0.4, 0.5) is 8.78 Å². The molecule has 0 spiro atoms. The summed E-state index contributed by atoms with van der Waals surface area (Å²) in [6.45, 7) is 2.22. The Balaban J connectivity index is 1.46. The molecule has 3 rings (SSSR count). The maximum absolute atomic E-state index is 14.0. The minimum Gasteiger partial charge on any atom is -0.426 e. The number of nitriles is 1. The van der Waals surface area contributed by atoms with E-state index < -0.39 is 28.9 Å². The summed E-state index contributed by atoms with van der Waals surface area (Å²) < 4.78 is 38.1. The largest absolute Gasteiger partial charge is 0.426 e. The average Bonchev–Trinajstić information content (AvgIpc) is 2.87. The van der Waals surface area contributed by atoms with E-state index in [-0.39, 0.29) is 17.5 Å². The molecule has 0 aliphatic heterocycles. The molecule has 7 heteroatoms. The van der Waals surface area contributed by atoms with Crippen LogP contribution < -0.4 is 9.47 Å². The second-order valence-corrected chi connectivity index (χ2v) is 9.11. The molecule has 1 aliphatic rings. The van der Waals surface area contributed by atoms with Gasteiger partial charge in [0.05, 0.1) is 17.0 Å². The molecule has 0 saturated heterocycles. The highest BCUT2D eigenvalue weighted by atomic mass is 19.2. The second-order valence-electron chi connectivity index (χ2n) is 9.11. The zero-order chi connectivity index (χ0) is 25.2. The molecular weight excluding hydrogens is 452 g/mol. The molecule has 0 unspecified atom stereocenters. The van der Waals surface area contributed by atoms with Gasteiger partial charge in [-0.1, -0.05) is 45.4 Å². The number of carbonyl (C=O) groups excluding carboxylic acids is 2. The predicted octanol–water partition coefficient (Wildman–Crippen LogP) is 7.13. The van der Waals surface area contributed by atoms with Crippen LogP contribution in [0.3, 0.4) is 0 Å². The molecule has 0 aromatic heterocycles. The van der Waals surface area contributed by atoms with Crippen LogP contribution in [-0.2, 0) is 4.79 Å². The zero-order valence-corrected chi connectivity index (χ0v) is 20.0. The lowest BCUT2D eigenvalue weighted by Gasteiger charge is -2.27. The molecule has 1 fully saturated rings. The molecule has 1 aliphatic carbocycles. The second kappa shape index (κ2) is 13.0. The average molecular weight is 484 g/mol. The normalized spacial score (nSPS) is 17.4. The molecule has 0 heterocycles. The molecule has 0 amide bonds. The Morgan fingerprint density at radius 3 is 2.26 bits per heavy atom. The van der Waals surface area contributed by atoms with Crippen LogP contribution in [0, 0.1) is 34.8 Å². The van der Waals surface area contributed by atoms with Crippen molar-refractivity contribution >= 4 is 11.9 Å². The van der Waals surface area contributed by atoms with Gasteiger partial charge in [-0.2, -0.15) is 9.65 Å². The number of unbranched alkanes of at least 4 members (excludes halogenated alkanes) is 4. The van der Waals surface area contributed by atoms with E-state index in [9.17, 15) is 18.4 Å². The molecule has 186 valence electrons. The van der Waals surface area contributed by atoms with Crippen molar-refractivity contribution in [3.05, 3.63) is 59.2 Å². The standard InChI is InChI=1S/C28H31F2NO4/c1-2-3-4-5-6-7-19-8-10-20(11-9-19)27(32)34-23-15-12-21(13-16-23)28(33)35-24-17-14-22(18-31)25(29)26(24)30/h12-17,19-20H,2-11H2,1H3/t19-,20-. The number of ether oxygens (including phenoxy) is 2. The molecule has 0 bridgehead atoms. The summed E-state index contributed by atoms with van der Waals surface area (Å²) in [5.41, 5.74) is -0.405. The van der Waals surface area contributed by atoms with E-state index in [0.29, 0.717) is 11.7 Å². The van der Waals surface area contributed by atoms with Gasteiger partial charge in [0.15, 0.2) is 11.6 Å². The lowest BCUT2D eigenvalue weighted by Crippen LogP contribution is -2.25. The molecule has 2 aromatic carbocycles. The van der Waals surface area contributed by atoms with Gasteiger partial charge < -0.3 is 9.47 Å². The van der Waals surface area contributed by atoms with E-state index in [1.807, 2.05) is 0 Å². The highest BCUT2D eigenvalue weighted by Crippen LogP contribution is 2.33. The number of halogens is 2. The van der Waals surface area contributed by atoms with Crippen LogP contribution >= 0.6 is 0 Å². The molecule has 2 aromatic rings. The summed E-state index contributed by atoms with van der Waals surface area (Å²) in [6.07, 6.45) is 11.4. The highest BCUT2D eigenvalue weighted by molar-refractivity contribution is 5.91. The fourth-order valence-corrected chi connectivity index (χ4v) is 4.44. The number of carbonyl (C=O) groups is 2. The molecule has 0 radical (unpaired) electrons. The highest BCUT2D eigenvalue weighted by Gasteiger charge is 2.27. The molecule has 35 heavy (non-hydrogen) atoms. The van der Waals surface area contributed by atoms with Gasteiger partial charge in [0.25, 0.3) is 0 Å². The van der Waals surface area contributed by atoms with Crippen molar-refractivity contribution in [3.63, 3.8) is 0 Å². The Bertz CT molecular complexity index is 1050. The smallest absolute Gasteiger partial charge is 0.343 e. The summed E-state index contributed by atoms with van der Waals surface area (Å²) in [6, 6.07) is 9.27. The summed E-state index contributed by atoms with van der Waals surface area (Å²) in [5.74, 6) is -3.68. The van der Waals surface area contributed by atoms with Gasteiger partial charge in [0.2, 0.25) is 5.82 Å². The van der Waals surface area contributed by atoms with Crippen molar-refractivity contribution in [3.8, 4) is 17.6 Å². The van der Waals surface area contributed by atoms with E-state index >= 15 is 0 Å². The van der Waals surface area contributed by atoms with Crippen molar-refractivity contribution in [1.29, 1.82) is 5.26 Å². The number of rotatable bonds is 10. The van der Waals surface area contributed by atoms with Crippen molar-refractivity contribution in [2.75, 3.05) is 0 Å². The number of nitrogens with zero attached hydrogens (tertiary/aromatic N) is 1. The van der Waals surface area contributed by atoms with E-state index in [2.05, 4.69) is 6.92 Å². The number of benzene rings is 2. The lowest BCUT2D eigenvalue weighted by atomic mass is 9.80. The number of hydrogen-bond acceptors (Lipinski definition) is 5. The Hall–Kier alpha value is -3.27. The van der Waals surface area contributed by atoms with E-state index in [1.165, 1.54) is 68.9 Å². The summed E-state index contributed by atoms with van der Waals surface area (Å²) in [7, 11) is 0. The third-order valence-corrected chi connectivity index (χ3v) is 6.57. The maximum Gasteiger partial charge on any atom is 0.343 e. The van der Waals surface area contributed by atoms with E-state index in [0.717, 1.165) is 37.8 Å². The minimum atomic E-state index is -1.41. The lowest BCUT2D eigenvalue weighted by molar-refractivity contribution is -0.140. The summed E-state index contributed by atoms with van der Waals surface area (Å²) >= 11 is 0. The van der Waals surface area contributed by atoms with Gasteiger partial charge in [-0.25, -0.2) is 9.18 Å². The summed E-state index contributed by atoms with van der Waals surface area (Å²) in [5, 5.41) is 8.73. The first-order valence-corrected chi connectivity index (χ1v) is 12.3. The van der Waals surface area contributed by atoms with Crippen LogP contribution in [0.1, 0.15) is 87.1 Å². The van der Waals surface area contributed by atoms with Gasteiger partial charge in [-0.05, 0) is 68.0 Å². The van der Waals surface area contributed by atoms with Gasteiger partial charge >= 0.3 is 11.9 Å². The van der Waals surface area contributed by atoms with Crippen LogP contribution in [0.2, 0.25) is 0 Å². The van der Waals surface area contributed by atoms with Gasteiger partial charge in [-0.15, -0.1) is 0 Å². The van der Waals surface area contributed by atoms with Crippen LogP contribution in [-0.4, -0.2) is 11.9 Å². The topological polar surface area (TPSA) is 76.4 Å². The van der Waals surface area contributed by atoms with Gasteiger partial charge in [0, 0.05) is 0 Å². The van der Waals surface area contributed by atoms with Gasteiger partial charge in [0.1, 0.15) is 11.8 Å². The van der Waals surface area contributed by atoms with Crippen molar-refractivity contribution in [2.45, 2.75) is 71.1 Å². The van der Waals surface area contributed by atoms with E-state index in [4.69, 9.17) is 14.7 Å². The van der Waals surface area contributed by atoms with Crippen molar-refractivity contribution in [1.82, 2.24) is 0 Å². The monoisotopic (exact) mass is 483 g/mol. The predicted molar refractivity (Wildman–Crippen MR) is 127 cm³/mol. The Kier molecular flexibility index (Phi) is 9.77. The number of hydrogen-bond donors (Lipinski definition) is 0. The Morgan fingerprint density at radius 1 is 0.914 bits per heavy atom. The fourth-order valence-electron chi connectivity index (χ4n) is 4.44. The molecule has 1 saturated carbocycles. The first kappa shape index (κ1) is 26.3. The molecule has 5 nitrogen and oxygen atoms in total. The molecule has 0 atom stereocenters. The minimum absolute atomic E-state index is 0.0772.